The third-order valence-electron chi connectivity index (χ3n) is 3.31. The molecule has 0 bridgehead atoms. The molecule has 0 spiro atoms. The lowest BCUT2D eigenvalue weighted by molar-refractivity contribution is -0.124. The van der Waals surface area contributed by atoms with Gasteiger partial charge in [0.2, 0.25) is 5.91 Å². The lowest BCUT2D eigenvalue weighted by atomic mass is 10.2. The highest BCUT2D eigenvalue weighted by molar-refractivity contribution is 9.10. The summed E-state index contributed by atoms with van der Waals surface area (Å²) in [5.74, 6) is 0.0367. The molecule has 5 heteroatoms. The first-order valence-electron chi connectivity index (χ1n) is 6.98. The van der Waals surface area contributed by atoms with Crippen molar-refractivity contribution in [1.82, 2.24) is 15.1 Å². The van der Waals surface area contributed by atoms with E-state index in [1.54, 1.807) is 4.68 Å². The number of nitrogens with zero attached hydrogens (tertiary/aromatic N) is 2. The summed E-state index contributed by atoms with van der Waals surface area (Å²) in [7, 11) is 0. The third-order valence-corrected chi connectivity index (χ3v) is 4.46. The molecule has 0 radical (unpaired) electrons. The summed E-state index contributed by atoms with van der Waals surface area (Å²) in [6, 6.07) is -0.267. The van der Waals surface area contributed by atoms with E-state index in [4.69, 9.17) is 0 Å². The minimum Gasteiger partial charge on any atom is -0.354 e. The van der Waals surface area contributed by atoms with E-state index in [0.29, 0.717) is 0 Å². The lowest BCUT2D eigenvalue weighted by Gasteiger charge is -2.14. The molecule has 4 nitrogen and oxygen atoms in total. The van der Waals surface area contributed by atoms with E-state index >= 15 is 0 Å². The Morgan fingerprint density at radius 3 is 2.58 bits per heavy atom. The van der Waals surface area contributed by atoms with E-state index in [1.807, 2.05) is 20.8 Å². The quantitative estimate of drug-likeness (QED) is 0.778. The van der Waals surface area contributed by atoms with Crippen LogP contribution in [-0.2, 0) is 4.79 Å². The molecule has 19 heavy (non-hydrogen) atoms. The second-order valence-electron chi connectivity index (χ2n) is 4.96. The van der Waals surface area contributed by atoms with E-state index in [0.717, 1.165) is 28.8 Å². The molecule has 1 heterocycles. The second kappa shape index (κ2) is 7.68. The Balaban J connectivity index is 2.50. The SMILES string of the molecule is CCCCCCNC(=O)C(C)n1nc(C)c(Br)c1C. The molecule has 0 saturated heterocycles. The van der Waals surface area contributed by atoms with Crippen molar-refractivity contribution >= 4 is 21.8 Å². The highest BCUT2D eigenvalue weighted by atomic mass is 79.9. The Morgan fingerprint density at radius 1 is 1.37 bits per heavy atom. The predicted molar refractivity (Wildman–Crippen MR) is 81.3 cm³/mol. The smallest absolute Gasteiger partial charge is 0.244 e. The van der Waals surface area contributed by atoms with Gasteiger partial charge >= 0.3 is 0 Å². The largest absolute Gasteiger partial charge is 0.354 e. The van der Waals surface area contributed by atoms with Crippen molar-refractivity contribution in [2.24, 2.45) is 0 Å². The highest BCUT2D eigenvalue weighted by Gasteiger charge is 2.19. The van der Waals surface area contributed by atoms with Gasteiger partial charge in [0.15, 0.2) is 0 Å². The van der Waals surface area contributed by atoms with Gasteiger partial charge in [-0.3, -0.25) is 9.48 Å². The Labute approximate surface area is 124 Å². The number of carbonyl (C=O) groups is 1. The summed E-state index contributed by atoms with van der Waals surface area (Å²) in [5.41, 5.74) is 1.91. The number of amides is 1. The number of carbonyl (C=O) groups excluding carboxylic acids is 1. The van der Waals surface area contributed by atoms with E-state index in [2.05, 4.69) is 33.3 Å². The van der Waals surface area contributed by atoms with Crippen molar-refractivity contribution in [3.05, 3.63) is 15.9 Å². The van der Waals surface area contributed by atoms with E-state index in [1.165, 1.54) is 19.3 Å². The number of hydrogen-bond acceptors (Lipinski definition) is 2. The van der Waals surface area contributed by atoms with Crippen LogP contribution in [0.25, 0.3) is 0 Å². The predicted octanol–water partition coefficient (Wildman–Crippen LogP) is 3.52. The summed E-state index contributed by atoms with van der Waals surface area (Å²) in [5, 5.41) is 7.38. The molecule has 0 aliphatic carbocycles. The Hall–Kier alpha value is -0.840. The van der Waals surface area contributed by atoms with Gasteiger partial charge in [0, 0.05) is 6.54 Å². The number of unbranched alkanes of at least 4 members (excludes halogenated alkanes) is 3. The molecule has 1 rings (SSSR count). The number of rotatable bonds is 7. The first-order valence-corrected chi connectivity index (χ1v) is 7.77. The van der Waals surface area contributed by atoms with Gasteiger partial charge < -0.3 is 5.32 Å². The number of nitrogens with one attached hydrogen (secondary N) is 1. The van der Waals surface area contributed by atoms with Crippen LogP contribution in [-0.4, -0.2) is 22.2 Å². The second-order valence-corrected chi connectivity index (χ2v) is 5.75. The molecule has 1 unspecified atom stereocenters. The average molecular weight is 330 g/mol. The van der Waals surface area contributed by atoms with Crippen LogP contribution in [0.4, 0.5) is 0 Å². The fraction of sp³-hybridized carbons (Fsp3) is 0.714. The summed E-state index contributed by atoms with van der Waals surface area (Å²) in [6.45, 7) is 8.72. The van der Waals surface area contributed by atoms with Crippen LogP contribution < -0.4 is 5.32 Å². The van der Waals surface area contributed by atoms with Crippen LogP contribution in [0.5, 0.6) is 0 Å². The summed E-state index contributed by atoms with van der Waals surface area (Å²) in [6.07, 6.45) is 4.67. The monoisotopic (exact) mass is 329 g/mol. The van der Waals surface area contributed by atoms with Crippen LogP contribution in [0, 0.1) is 13.8 Å². The van der Waals surface area contributed by atoms with Crippen molar-refractivity contribution in [3.8, 4) is 0 Å². The maximum atomic E-state index is 12.1. The van der Waals surface area contributed by atoms with Crippen LogP contribution in [0.1, 0.15) is 57.0 Å². The van der Waals surface area contributed by atoms with Crippen LogP contribution in [0.2, 0.25) is 0 Å². The number of halogens is 1. The molecule has 0 aliphatic rings. The van der Waals surface area contributed by atoms with Crippen LogP contribution >= 0.6 is 15.9 Å². The molecular weight excluding hydrogens is 306 g/mol. The van der Waals surface area contributed by atoms with Crippen molar-refractivity contribution in [2.45, 2.75) is 59.4 Å². The topological polar surface area (TPSA) is 46.9 Å². The molecule has 1 amide bonds. The minimum absolute atomic E-state index is 0.0367. The van der Waals surface area contributed by atoms with Gasteiger partial charge in [-0.1, -0.05) is 26.2 Å². The Bertz CT molecular complexity index is 429. The zero-order valence-electron chi connectivity index (χ0n) is 12.3. The number of aromatic nitrogens is 2. The Morgan fingerprint density at radius 2 is 2.05 bits per heavy atom. The number of aryl methyl sites for hydroxylation is 1. The van der Waals surface area contributed by atoms with Crippen LogP contribution in [0.15, 0.2) is 4.47 Å². The van der Waals surface area contributed by atoms with Crippen molar-refractivity contribution in [3.63, 3.8) is 0 Å². The zero-order chi connectivity index (χ0) is 14.4. The van der Waals surface area contributed by atoms with Gasteiger partial charge in [0.1, 0.15) is 6.04 Å². The first kappa shape index (κ1) is 16.2. The fourth-order valence-corrected chi connectivity index (χ4v) is 2.30. The van der Waals surface area contributed by atoms with Gasteiger partial charge in [-0.2, -0.15) is 5.10 Å². The van der Waals surface area contributed by atoms with Gasteiger partial charge in [-0.15, -0.1) is 0 Å². The summed E-state index contributed by atoms with van der Waals surface area (Å²) >= 11 is 3.48. The normalized spacial score (nSPS) is 12.5. The molecule has 0 aliphatic heterocycles. The summed E-state index contributed by atoms with van der Waals surface area (Å²) < 4.78 is 2.76. The molecular formula is C14H24BrN3O. The zero-order valence-corrected chi connectivity index (χ0v) is 13.9. The molecule has 0 aromatic carbocycles. The standard InChI is InChI=1S/C14H24BrN3O/c1-5-6-7-8-9-16-14(19)12(4)18-11(3)13(15)10(2)17-18/h12H,5-9H2,1-4H3,(H,16,19). The minimum atomic E-state index is -0.267. The molecule has 1 N–H and O–H groups in total. The maximum Gasteiger partial charge on any atom is 0.244 e. The molecule has 1 aromatic heterocycles. The van der Waals surface area contributed by atoms with Crippen molar-refractivity contribution in [2.75, 3.05) is 6.54 Å². The highest BCUT2D eigenvalue weighted by Crippen LogP contribution is 2.22. The van der Waals surface area contributed by atoms with Gasteiger partial charge in [0.25, 0.3) is 0 Å². The van der Waals surface area contributed by atoms with Gasteiger partial charge in [-0.25, -0.2) is 0 Å². The Kier molecular flexibility index (Phi) is 6.55. The van der Waals surface area contributed by atoms with Crippen molar-refractivity contribution < 1.29 is 4.79 Å². The number of hydrogen-bond donors (Lipinski definition) is 1. The molecule has 0 fully saturated rings. The van der Waals surface area contributed by atoms with E-state index in [9.17, 15) is 4.79 Å². The summed E-state index contributed by atoms with van der Waals surface area (Å²) in [4.78, 5) is 12.1. The van der Waals surface area contributed by atoms with Gasteiger partial charge in [0.05, 0.1) is 15.9 Å². The average Bonchev–Trinajstić information content (AvgIpc) is 2.65. The molecule has 1 aromatic rings. The first-order chi connectivity index (χ1) is 8.99. The molecule has 0 saturated carbocycles. The molecule has 108 valence electrons. The lowest BCUT2D eigenvalue weighted by Crippen LogP contribution is -2.32. The van der Waals surface area contributed by atoms with Crippen LogP contribution in [0.3, 0.4) is 0 Å². The van der Waals surface area contributed by atoms with Crippen molar-refractivity contribution in [1.29, 1.82) is 0 Å². The fourth-order valence-electron chi connectivity index (χ4n) is 2.04. The van der Waals surface area contributed by atoms with E-state index in [-0.39, 0.29) is 11.9 Å². The van der Waals surface area contributed by atoms with Gasteiger partial charge in [-0.05, 0) is 43.1 Å². The molecule has 1 atom stereocenters. The third kappa shape index (κ3) is 4.34. The van der Waals surface area contributed by atoms with E-state index < -0.39 is 0 Å². The maximum absolute atomic E-state index is 12.1.